The Labute approximate surface area is 184 Å². The number of rotatable bonds is 6. The van der Waals surface area contributed by atoms with Crippen molar-refractivity contribution in [3.63, 3.8) is 0 Å². The van der Waals surface area contributed by atoms with Crippen LogP contribution in [0.4, 0.5) is 0 Å². The first-order valence-corrected chi connectivity index (χ1v) is 12.9. The first-order chi connectivity index (χ1) is 14.9. The van der Waals surface area contributed by atoms with Gasteiger partial charge in [0.15, 0.2) is 0 Å². The summed E-state index contributed by atoms with van der Waals surface area (Å²) in [5.41, 5.74) is 0.613. The van der Waals surface area contributed by atoms with Crippen molar-refractivity contribution in [3.05, 3.63) is 23.8 Å². The van der Waals surface area contributed by atoms with Gasteiger partial charge >= 0.3 is 0 Å². The number of carbonyl (C=O) groups excluding carboxylic acids is 2. The van der Waals surface area contributed by atoms with Crippen molar-refractivity contribution in [2.75, 3.05) is 7.11 Å². The van der Waals surface area contributed by atoms with E-state index in [9.17, 15) is 18.0 Å². The molecule has 3 fully saturated rings. The molecule has 1 saturated heterocycles. The van der Waals surface area contributed by atoms with E-state index in [0.29, 0.717) is 5.56 Å². The van der Waals surface area contributed by atoms with Crippen molar-refractivity contribution >= 4 is 21.8 Å². The molecule has 31 heavy (non-hydrogen) atoms. The number of hydrogen-bond acceptors (Lipinski definition) is 5. The Morgan fingerprint density at radius 3 is 2.10 bits per heavy atom. The van der Waals surface area contributed by atoms with E-state index in [1.165, 1.54) is 12.0 Å². The molecule has 7 nitrogen and oxygen atoms in total. The van der Waals surface area contributed by atoms with Crippen LogP contribution in [-0.2, 0) is 26.2 Å². The minimum absolute atomic E-state index is 0.0632. The number of methoxy groups -OCH3 is 1. The van der Waals surface area contributed by atoms with E-state index >= 15 is 0 Å². The third-order valence-electron chi connectivity index (χ3n) is 6.97. The average Bonchev–Trinajstić information content (AvgIpc) is 2.94. The van der Waals surface area contributed by atoms with Crippen molar-refractivity contribution in [3.8, 4) is 5.75 Å². The molecule has 1 aliphatic heterocycles. The summed E-state index contributed by atoms with van der Waals surface area (Å²) in [6, 6.07) is 4.80. The Hall–Kier alpha value is -1.93. The van der Waals surface area contributed by atoms with Gasteiger partial charge in [-0.1, -0.05) is 44.6 Å². The minimum atomic E-state index is -3.79. The molecular formula is C23H32N2O5S. The summed E-state index contributed by atoms with van der Waals surface area (Å²) in [7, 11) is -2.34. The second-order valence-electron chi connectivity index (χ2n) is 9.06. The molecule has 3 aliphatic rings. The van der Waals surface area contributed by atoms with Crippen LogP contribution in [0.3, 0.4) is 0 Å². The van der Waals surface area contributed by atoms with Crippen molar-refractivity contribution in [2.24, 2.45) is 11.8 Å². The predicted molar refractivity (Wildman–Crippen MR) is 116 cm³/mol. The summed E-state index contributed by atoms with van der Waals surface area (Å²) in [6.07, 6.45) is 9.46. The van der Waals surface area contributed by atoms with Gasteiger partial charge in [-0.25, -0.2) is 13.1 Å². The SMILES string of the molecule is COc1ccc(CN2C(=O)[C@@H]3CCCC[C@H]3C2=O)cc1S(=O)(=O)NC1CCCCCC1. The van der Waals surface area contributed by atoms with Gasteiger partial charge < -0.3 is 4.74 Å². The van der Waals surface area contributed by atoms with Crippen LogP contribution in [0.2, 0.25) is 0 Å². The van der Waals surface area contributed by atoms with Crippen LogP contribution < -0.4 is 9.46 Å². The molecule has 0 radical (unpaired) electrons. The number of hydrogen-bond donors (Lipinski definition) is 1. The Bertz CT molecular complexity index is 913. The van der Waals surface area contributed by atoms with Crippen LogP contribution in [0.1, 0.15) is 69.8 Å². The summed E-state index contributed by atoms with van der Waals surface area (Å²) < 4.78 is 34.5. The quantitative estimate of drug-likeness (QED) is 0.532. The molecule has 170 valence electrons. The molecule has 8 heteroatoms. The van der Waals surface area contributed by atoms with Crippen LogP contribution in [0.15, 0.2) is 23.1 Å². The Kier molecular flexibility index (Phi) is 6.67. The van der Waals surface area contributed by atoms with Crippen LogP contribution in [0.25, 0.3) is 0 Å². The Morgan fingerprint density at radius 2 is 1.52 bits per heavy atom. The first-order valence-electron chi connectivity index (χ1n) is 11.4. The highest BCUT2D eigenvalue weighted by Gasteiger charge is 2.47. The van der Waals surface area contributed by atoms with Gasteiger partial charge in [-0.15, -0.1) is 0 Å². The molecular weight excluding hydrogens is 416 g/mol. The standard InChI is InChI=1S/C23H32N2O5S/c1-30-20-13-12-16(15-25-22(26)18-10-6-7-11-19(18)23(25)27)14-21(20)31(28,29)24-17-8-4-2-3-5-9-17/h12-14,17-19,24H,2-11,15H2,1H3/t18-,19-/m1/s1. The topological polar surface area (TPSA) is 92.8 Å². The van der Waals surface area contributed by atoms with Gasteiger partial charge in [0.25, 0.3) is 0 Å². The van der Waals surface area contributed by atoms with Gasteiger partial charge in [-0.05, 0) is 43.4 Å². The van der Waals surface area contributed by atoms with Crippen molar-refractivity contribution in [2.45, 2.75) is 81.7 Å². The van der Waals surface area contributed by atoms with Crippen LogP contribution >= 0.6 is 0 Å². The van der Waals surface area contributed by atoms with E-state index in [1.54, 1.807) is 18.2 Å². The molecule has 0 bridgehead atoms. The Balaban J connectivity index is 1.56. The van der Waals surface area contributed by atoms with Gasteiger partial charge in [-0.3, -0.25) is 14.5 Å². The Morgan fingerprint density at radius 1 is 0.935 bits per heavy atom. The number of ether oxygens (including phenoxy) is 1. The number of likely N-dealkylation sites (tertiary alicyclic amines) is 1. The molecule has 1 aromatic rings. The average molecular weight is 449 g/mol. The second-order valence-corrected chi connectivity index (χ2v) is 10.7. The molecule has 0 unspecified atom stereocenters. The number of nitrogens with one attached hydrogen (secondary N) is 1. The molecule has 0 spiro atoms. The second kappa shape index (κ2) is 9.28. The van der Waals surface area contributed by atoms with Gasteiger partial charge in [0.05, 0.1) is 25.5 Å². The van der Waals surface area contributed by atoms with Crippen LogP contribution in [0.5, 0.6) is 5.75 Å². The third kappa shape index (κ3) is 4.65. The van der Waals surface area contributed by atoms with Gasteiger partial charge in [0.1, 0.15) is 10.6 Å². The summed E-state index contributed by atoms with van der Waals surface area (Å²) in [5.74, 6) is -0.394. The molecule has 1 N–H and O–H groups in total. The number of amides is 2. The zero-order chi connectivity index (χ0) is 22.0. The van der Waals surface area contributed by atoms with E-state index in [-0.39, 0.29) is 46.9 Å². The third-order valence-corrected chi connectivity index (χ3v) is 8.51. The van der Waals surface area contributed by atoms with Crippen LogP contribution in [-0.4, -0.2) is 38.3 Å². The van der Waals surface area contributed by atoms with Gasteiger partial charge in [-0.2, -0.15) is 0 Å². The highest BCUT2D eigenvalue weighted by atomic mass is 32.2. The summed E-state index contributed by atoms with van der Waals surface area (Å²) in [6.45, 7) is 0.0978. The molecule has 2 atom stereocenters. The fourth-order valence-corrected chi connectivity index (χ4v) is 6.80. The number of benzene rings is 1. The number of fused-ring (bicyclic) bond motifs is 1. The summed E-state index contributed by atoms with van der Waals surface area (Å²) in [5, 5.41) is 0. The smallest absolute Gasteiger partial charge is 0.244 e. The molecule has 0 aromatic heterocycles. The number of sulfonamides is 1. The van der Waals surface area contributed by atoms with Crippen molar-refractivity contribution < 1.29 is 22.7 Å². The fourth-order valence-electron chi connectivity index (χ4n) is 5.28. The molecule has 2 aliphatic carbocycles. The monoisotopic (exact) mass is 448 g/mol. The number of nitrogens with zero attached hydrogens (tertiary/aromatic N) is 1. The lowest BCUT2D eigenvalue weighted by Gasteiger charge is -2.19. The largest absolute Gasteiger partial charge is 0.495 e. The van der Waals surface area contributed by atoms with E-state index in [1.807, 2.05) is 0 Å². The summed E-state index contributed by atoms with van der Waals surface area (Å²) >= 11 is 0. The van der Waals surface area contributed by atoms with Crippen LogP contribution in [0, 0.1) is 11.8 Å². The highest BCUT2D eigenvalue weighted by molar-refractivity contribution is 7.89. The number of imide groups is 1. The van der Waals surface area contributed by atoms with Gasteiger partial charge in [0, 0.05) is 6.04 Å². The predicted octanol–water partition coefficient (Wildman–Crippen LogP) is 3.37. The van der Waals surface area contributed by atoms with Crippen molar-refractivity contribution in [1.82, 2.24) is 9.62 Å². The van der Waals surface area contributed by atoms with E-state index in [0.717, 1.165) is 64.2 Å². The lowest BCUT2D eigenvalue weighted by Crippen LogP contribution is -2.35. The maximum atomic E-state index is 13.2. The molecule has 2 amide bonds. The zero-order valence-corrected chi connectivity index (χ0v) is 19.0. The zero-order valence-electron chi connectivity index (χ0n) is 18.1. The van der Waals surface area contributed by atoms with E-state index in [2.05, 4.69) is 4.72 Å². The molecule has 1 aromatic carbocycles. The first kappa shape index (κ1) is 22.3. The lowest BCUT2D eigenvalue weighted by atomic mass is 9.81. The fraction of sp³-hybridized carbons (Fsp3) is 0.652. The van der Waals surface area contributed by atoms with E-state index in [4.69, 9.17) is 4.74 Å². The highest BCUT2D eigenvalue weighted by Crippen LogP contribution is 2.39. The van der Waals surface area contributed by atoms with E-state index < -0.39 is 10.0 Å². The number of carbonyl (C=O) groups is 2. The molecule has 1 heterocycles. The summed E-state index contributed by atoms with van der Waals surface area (Å²) in [4.78, 5) is 27.0. The minimum Gasteiger partial charge on any atom is -0.495 e. The maximum absolute atomic E-state index is 13.2. The molecule has 4 rings (SSSR count). The maximum Gasteiger partial charge on any atom is 0.244 e. The van der Waals surface area contributed by atoms with Gasteiger partial charge in [0.2, 0.25) is 21.8 Å². The normalized spacial score (nSPS) is 25.4. The molecule has 2 saturated carbocycles. The van der Waals surface area contributed by atoms with Crippen molar-refractivity contribution in [1.29, 1.82) is 0 Å². The lowest BCUT2D eigenvalue weighted by molar-refractivity contribution is -0.140.